The SMILES string of the molecule is CCn1c(C)cc(C(=O)NC(C)C(O)c2ccc(Cl)cc2)c1C. The smallest absolute Gasteiger partial charge is 0.253 e. The molecular weight excluding hydrogens is 312 g/mol. The number of aryl methyl sites for hydroxylation is 1. The van der Waals surface area contributed by atoms with Gasteiger partial charge in [0, 0.05) is 23.0 Å². The highest BCUT2D eigenvalue weighted by Gasteiger charge is 2.21. The summed E-state index contributed by atoms with van der Waals surface area (Å²) >= 11 is 5.85. The van der Waals surface area contributed by atoms with Crippen molar-refractivity contribution in [1.82, 2.24) is 9.88 Å². The molecule has 0 saturated heterocycles. The largest absolute Gasteiger partial charge is 0.386 e. The summed E-state index contributed by atoms with van der Waals surface area (Å²) in [6, 6.07) is 8.45. The molecule has 124 valence electrons. The average Bonchev–Trinajstić information content (AvgIpc) is 2.81. The first-order chi connectivity index (χ1) is 10.8. The van der Waals surface area contributed by atoms with Gasteiger partial charge in [-0.25, -0.2) is 0 Å². The molecule has 4 nitrogen and oxygen atoms in total. The lowest BCUT2D eigenvalue weighted by atomic mass is 10.0. The summed E-state index contributed by atoms with van der Waals surface area (Å²) < 4.78 is 2.09. The molecule has 5 heteroatoms. The molecule has 1 aromatic carbocycles. The van der Waals surface area contributed by atoms with Gasteiger partial charge in [0.15, 0.2) is 0 Å². The number of aromatic nitrogens is 1. The minimum Gasteiger partial charge on any atom is -0.386 e. The average molecular weight is 335 g/mol. The molecule has 0 radical (unpaired) electrons. The van der Waals surface area contributed by atoms with Crippen molar-refractivity contribution in [1.29, 1.82) is 0 Å². The molecule has 2 atom stereocenters. The zero-order chi connectivity index (χ0) is 17.1. The van der Waals surface area contributed by atoms with Crippen LogP contribution in [0, 0.1) is 13.8 Å². The summed E-state index contributed by atoms with van der Waals surface area (Å²) in [7, 11) is 0. The van der Waals surface area contributed by atoms with Crippen LogP contribution < -0.4 is 5.32 Å². The Bertz CT molecular complexity index is 692. The van der Waals surface area contributed by atoms with Crippen molar-refractivity contribution in [3.05, 3.63) is 57.9 Å². The summed E-state index contributed by atoms with van der Waals surface area (Å²) in [5.41, 5.74) is 3.37. The quantitative estimate of drug-likeness (QED) is 0.877. The lowest BCUT2D eigenvalue weighted by Crippen LogP contribution is -2.37. The number of nitrogens with zero attached hydrogens (tertiary/aromatic N) is 1. The van der Waals surface area contributed by atoms with Crippen LogP contribution in [0.25, 0.3) is 0 Å². The second kappa shape index (κ2) is 7.20. The van der Waals surface area contributed by atoms with Crippen LogP contribution >= 0.6 is 11.6 Å². The van der Waals surface area contributed by atoms with Gasteiger partial charge in [-0.15, -0.1) is 0 Å². The lowest BCUT2D eigenvalue weighted by Gasteiger charge is -2.20. The first-order valence-corrected chi connectivity index (χ1v) is 8.14. The molecule has 23 heavy (non-hydrogen) atoms. The Balaban J connectivity index is 2.11. The lowest BCUT2D eigenvalue weighted by molar-refractivity contribution is 0.0851. The molecule has 1 heterocycles. The Morgan fingerprint density at radius 2 is 1.91 bits per heavy atom. The van der Waals surface area contributed by atoms with Gasteiger partial charge in [-0.2, -0.15) is 0 Å². The number of benzene rings is 1. The number of aliphatic hydroxyl groups excluding tert-OH is 1. The number of carbonyl (C=O) groups is 1. The first-order valence-electron chi connectivity index (χ1n) is 7.76. The second-order valence-electron chi connectivity index (χ2n) is 5.79. The summed E-state index contributed by atoms with van der Waals surface area (Å²) in [5.74, 6) is -0.168. The van der Waals surface area contributed by atoms with Crippen LogP contribution in [0.2, 0.25) is 5.02 Å². The standard InChI is InChI=1S/C18H23ClN2O2/c1-5-21-11(2)10-16(13(21)4)18(23)20-12(3)17(22)14-6-8-15(19)9-7-14/h6-10,12,17,22H,5H2,1-4H3,(H,20,23). The number of aliphatic hydroxyl groups is 1. The van der Waals surface area contributed by atoms with E-state index in [9.17, 15) is 9.90 Å². The molecule has 0 fully saturated rings. The van der Waals surface area contributed by atoms with Crippen molar-refractivity contribution in [2.24, 2.45) is 0 Å². The van der Waals surface area contributed by atoms with Gasteiger partial charge in [0.2, 0.25) is 0 Å². The monoisotopic (exact) mass is 334 g/mol. The highest BCUT2D eigenvalue weighted by molar-refractivity contribution is 6.30. The molecule has 1 aromatic heterocycles. The maximum atomic E-state index is 12.5. The summed E-state index contributed by atoms with van der Waals surface area (Å²) in [5, 5.41) is 13.9. The zero-order valence-corrected chi connectivity index (χ0v) is 14.7. The fourth-order valence-electron chi connectivity index (χ4n) is 2.83. The van der Waals surface area contributed by atoms with Crippen LogP contribution in [0.4, 0.5) is 0 Å². The van der Waals surface area contributed by atoms with Crippen molar-refractivity contribution in [2.45, 2.75) is 46.4 Å². The van der Waals surface area contributed by atoms with E-state index in [1.54, 1.807) is 31.2 Å². The van der Waals surface area contributed by atoms with Crippen LogP contribution in [-0.2, 0) is 6.54 Å². The number of nitrogens with one attached hydrogen (secondary N) is 1. The predicted octanol–water partition coefficient (Wildman–Crippen LogP) is 3.63. The van der Waals surface area contributed by atoms with E-state index in [0.717, 1.165) is 23.5 Å². The molecule has 2 N–H and O–H groups in total. The molecule has 2 rings (SSSR count). The molecule has 2 unspecified atom stereocenters. The molecule has 0 spiro atoms. The van der Waals surface area contributed by atoms with Gasteiger partial charge < -0.3 is 15.0 Å². The Hall–Kier alpha value is -1.78. The van der Waals surface area contributed by atoms with Crippen LogP contribution in [0.15, 0.2) is 30.3 Å². The molecule has 1 amide bonds. The van der Waals surface area contributed by atoms with Crippen molar-refractivity contribution >= 4 is 17.5 Å². The molecule has 0 aliphatic rings. The Kier molecular flexibility index (Phi) is 5.50. The van der Waals surface area contributed by atoms with E-state index < -0.39 is 12.1 Å². The normalized spacial score (nSPS) is 13.7. The third-order valence-corrected chi connectivity index (χ3v) is 4.43. The second-order valence-corrected chi connectivity index (χ2v) is 6.22. The fourth-order valence-corrected chi connectivity index (χ4v) is 2.96. The number of halogens is 1. The number of rotatable bonds is 5. The van der Waals surface area contributed by atoms with E-state index in [0.29, 0.717) is 10.6 Å². The number of hydrogen-bond acceptors (Lipinski definition) is 2. The first kappa shape index (κ1) is 17.6. The van der Waals surface area contributed by atoms with Gasteiger partial charge in [-0.3, -0.25) is 4.79 Å². The summed E-state index contributed by atoms with van der Waals surface area (Å²) in [6.45, 7) is 8.59. The molecular formula is C18H23ClN2O2. The maximum absolute atomic E-state index is 12.5. The molecule has 0 aliphatic carbocycles. The highest BCUT2D eigenvalue weighted by atomic mass is 35.5. The molecule has 0 aliphatic heterocycles. The topological polar surface area (TPSA) is 54.3 Å². The van der Waals surface area contributed by atoms with E-state index in [4.69, 9.17) is 11.6 Å². The Morgan fingerprint density at radius 3 is 2.43 bits per heavy atom. The number of hydrogen-bond donors (Lipinski definition) is 2. The van der Waals surface area contributed by atoms with Crippen LogP contribution in [0.1, 0.15) is 47.3 Å². The van der Waals surface area contributed by atoms with Gasteiger partial charge in [0.1, 0.15) is 0 Å². The van der Waals surface area contributed by atoms with Crippen molar-refractivity contribution in [3.63, 3.8) is 0 Å². The molecule has 0 bridgehead atoms. The van der Waals surface area contributed by atoms with E-state index in [-0.39, 0.29) is 5.91 Å². The van der Waals surface area contributed by atoms with Crippen molar-refractivity contribution in [3.8, 4) is 0 Å². The molecule has 0 saturated carbocycles. The minimum absolute atomic E-state index is 0.168. The molecule has 2 aromatic rings. The van der Waals surface area contributed by atoms with Crippen LogP contribution in [-0.4, -0.2) is 21.6 Å². The van der Waals surface area contributed by atoms with Gasteiger partial charge in [-0.1, -0.05) is 23.7 Å². The van der Waals surface area contributed by atoms with E-state index in [1.165, 1.54) is 0 Å². The van der Waals surface area contributed by atoms with Gasteiger partial charge in [0.05, 0.1) is 17.7 Å². The minimum atomic E-state index is -0.786. The van der Waals surface area contributed by atoms with Crippen LogP contribution in [0.3, 0.4) is 0 Å². The third-order valence-electron chi connectivity index (χ3n) is 4.18. The third kappa shape index (κ3) is 3.77. The Morgan fingerprint density at radius 1 is 1.30 bits per heavy atom. The van der Waals surface area contributed by atoms with Crippen LogP contribution in [0.5, 0.6) is 0 Å². The van der Waals surface area contributed by atoms with E-state index >= 15 is 0 Å². The number of carbonyl (C=O) groups excluding carboxylic acids is 1. The van der Waals surface area contributed by atoms with E-state index in [1.807, 2.05) is 19.9 Å². The van der Waals surface area contributed by atoms with E-state index in [2.05, 4.69) is 16.8 Å². The predicted molar refractivity (Wildman–Crippen MR) is 92.9 cm³/mol. The summed E-state index contributed by atoms with van der Waals surface area (Å²) in [6.07, 6.45) is -0.786. The fraction of sp³-hybridized carbons (Fsp3) is 0.389. The van der Waals surface area contributed by atoms with Crippen molar-refractivity contribution < 1.29 is 9.90 Å². The highest BCUT2D eigenvalue weighted by Crippen LogP contribution is 2.20. The van der Waals surface area contributed by atoms with Crippen molar-refractivity contribution in [2.75, 3.05) is 0 Å². The van der Waals surface area contributed by atoms with Gasteiger partial charge in [0.25, 0.3) is 5.91 Å². The van der Waals surface area contributed by atoms with Gasteiger partial charge >= 0.3 is 0 Å². The summed E-state index contributed by atoms with van der Waals surface area (Å²) in [4.78, 5) is 12.5. The zero-order valence-electron chi connectivity index (χ0n) is 13.9. The maximum Gasteiger partial charge on any atom is 0.253 e. The number of amides is 1. The van der Waals surface area contributed by atoms with Gasteiger partial charge in [-0.05, 0) is 51.5 Å². The Labute approximate surface area is 142 Å².